The van der Waals surface area contributed by atoms with Crippen molar-refractivity contribution in [3.8, 4) is 0 Å². The van der Waals surface area contributed by atoms with Gasteiger partial charge >= 0.3 is 5.97 Å². The molecule has 10 atom stereocenters. The number of benzene rings is 1. The Morgan fingerprint density at radius 2 is 1.82 bits per heavy atom. The molecule has 9 fully saturated rings. The summed E-state index contributed by atoms with van der Waals surface area (Å²) in [4.78, 5) is 51.1. The third-order valence-electron chi connectivity index (χ3n) is 13.0. The number of epoxide rings is 1. The van der Waals surface area contributed by atoms with E-state index in [1.165, 1.54) is 0 Å². The molecule has 9 aliphatic rings. The van der Waals surface area contributed by atoms with Crippen molar-refractivity contribution < 1.29 is 43.3 Å². The van der Waals surface area contributed by atoms with Crippen LogP contribution in [0.1, 0.15) is 75.3 Å². The number of esters is 1. The molecule has 2 amide bonds. The molecule has 2 bridgehead atoms. The summed E-state index contributed by atoms with van der Waals surface area (Å²) in [6.45, 7) is 0.601. The van der Waals surface area contributed by atoms with Crippen molar-refractivity contribution in [3.05, 3.63) is 41.5 Å². The van der Waals surface area contributed by atoms with Crippen LogP contribution in [0.2, 0.25) is 0 Å². The van der Waals surface area contributed by atoms with E-state index < -0.39 is 53.7 Å². The lowest BCUT2D eigenvalue weighted by molar-refractivity contribution is -0.235. The lowest BCUT2D eigenvalue weighted by atomic mass is 9.62. The molecule has 50 heavy (non-hydrogen) atoms. The van der Waals surface area contributed by atoms with Gasteiger partial charge in [-0.15, -0.1) is 0 Å². The van der Waals surface area contributed by atoms with Crippen molar-refractivity contribution in [2.45, 2.75) is 125 Å². The molecule has 0 radical (unpaired) electrons. The van der Waals surface area contributed by atoms with Gasteiger partial charge in [0.05, 0.1) is 25.4 Å². The minimum Gasteiger partial charge on any atom is -0.458 e. The Labute approximate surface area is 291 Å². The number of likely N-dealkylation sites (tertiary alicyclic amines) is 1. The molecule has 12 heteroatoms. The van der Waals surface area contributed by atoms with Crippen molar-refractivity contribution in [2.24, 2.45) is 23.2 Å². The molecule has 4 saturated carbocycles. The molecule has 5 aliphatic heterocycles. The Bertz CT molecular complexity index is 1580. The van der Waals surface area contributed by atoms with Crippen molar-refractivity contribution in [1.29, 1.82) is 0 Å². The number of amides is 2. The maximum atomic E-state index is 15.2. The van der Waals surface area contributed by atoms with Gasteiger partial charge in [0.1, 0.15) is 35.9 Å². The number of hydrogen-bond acceptors (Lipinski definition) is 10. The summed E-state index contributed by atoms with van der Waals surface area (Å²) < 4.78 is 25.8. The van der Waals surface area contributed by atoms with Crippen LogP contribution in [0.4, 0.5) is 0 Å². The van der Waals surface area contributed by atoms with Crippen LogP contribution >= 0.6 is 0 Å². The number of aliphatic hydroxyl groups is 1. The predicted molar refractivity (Wildman–Crippen MR) is 175 cm³/mol. The van der Waals surface area contributed by atoms with Crippen molar-refractivity contribution in [1.82, 2.24) is 15.3 Å². The number of allylic oxidation sites excluding steroid dienone is 1. The highest BCUT2D eigenvalue weighted by atomic mass is 16.8. The third kappa shape index (κ3) is 5.03. The van der Waals surface area contributed by atoms with Gasteiger partial charge in [0.2, 0.25) is 11.8 Å². The number of carbonyl (C=O) groups is 3. The Morgan fingerprint density at radius 1 is 1.00 bits per heavy atom. The highest BCUT2D eigenvalue weighted by molar-refractivity contribution is 5.96. The molecular formula is C38H47N3O9. The van der Waals surface area contributed by atoms with E-state index in [1.54, 1.807) is 9.96 Å². The number of nitrogens with one attached hydrogen (secondary N) is 1. The van der Waals surface area contributed by atoms with E-state index in [0.717, 1.165) is 56.1 Å². The molecule has 10 rings (SSSR count). The zero-order valence-electron chi connectivity index (χ0n) is 28.3. The van der Waals surface area contributed by atoms with Gasteiger partial charge in [0, 0.05) is 31.3 Å². The van der Waals surface area contributed by atoms with Crippen molar-refractivity contribution in [3.63, 3.8) is 0 Å². The van der Waals surface area contributed by atoms with Crippen LogP contribution in [0.25, 0.3) is 6.08 Å². The van der Waals surface area contributed by atoms with Gasteiger partial charge in [-0.25, -0.2) is 0 Å². The molecule has 12 nitrogen and oxygen atoms in total. The van der Waals surface area contributed by atoms with E-state index in [4.69, 9.17) is 23.8 Å². The Morgan fingerprint density at radius 3 is 2.60 bits per heavy atom. The normalized spacial score (nSPS) is 41.2. The van der Waals surface area contributed by atoms with E-state index in [0.29, 0.717) is 37.5 Å². The number of ether oxygens (including phenoxy) is 4. The predicted octanol–water partition coefficient (Wildman–Crippen LogP) is 2.47. The lowest BCUT2D eigenvalue weighted by Crippen LogP contribution is -2.70. The van der Waals surface area contributed by atoms with Crippen LogP contribution in [0.15, 0.2) is 30.3 Å². The SMILES string of the molecule is O=C(NCCO)C1CCCN1C(=O)C12CC3OC(=O)C1N(Cc1cccc(C=CC4CCC5OC5C4)c1)OC2C1OC(C2CC2)(C2CC2)OC31. The van der Waals surface area contributed by atoms with Gasteiger partial charge < -0.3 is 34.3 Å². The number of hydroxylamine groups is 2. The summed E-state index contributed by atoms with van der Waals surface area (Å²) in [5.41, 5.74) is 0.704. The van der Waals surface area contributed by atoms with Crippen LogP contribution in [-0.2, 0) is 44.7 Å². The van der Waals surface area contributed by atoms with Crippen LogP contribution in [0.3, 0.4) is 0 Å². The maximum absolute atomic E-state index is 15.2. The number of aliphatic hydroxyl groups excluding tert-OH is 1. The number of nitrogens with zero attached hydrogens (tertiary/aromatic N) is 2. The molecule has 2 N–H and O–H groups in total. The second-order valence-corrected chi connectivity index (χ2v) is 16.2. The first-order valence-corrected chi connectivity index (χ1v) is 19.0. The van der Waals surface area contributed by atoms with Crippen LogP contribution in [0.5, 0.6) is 0 Å². The van der Waals surface area contributed by atoms with E-state index >= 15 is 4.79 Å². The summed E-state index contributed by atoms with van der Waals surface area (Å²) in [6, 6.07) is 6.52. The molecule has 0 spiro atoms. The van der Waals surface area contributed by atoms with Gasteiger partial charge in [-0.2, -0.15) is 5.06 Å². The van der Waals surface area contributed by atoms with Crippen molar-refractivity contribution >= 4 is 23.9 Å². The highest BCUT2D eigenvalue weighted by Crippen LogP contribution is 2.64. The van der Waals surface area contributed by atoms with Crippen LogP contribution < -0.4 is 5.32 Å². The van der Waals surface area contributed by atoms with Crippen LogP contribution in [-0.4, -0.2) is 107 Å². The zero-order valence-corrected chi connectivity index (χ0v) is 28.3. The van der Waals surface area contributed by atoms with Gasteiger partial charge in [-0.05, 0) is 74.8 Å². The van der Waals surface area contributed by atoms with E-state index in [-0.39, 0.29) is 49.8 Å². The number of rotatable bonds is 10. The van der Waals surface area contributed by atoms with Gasteiger partial charge in [-0.1, -0.05) is 36.4 Å². The van der Waals surface area contributed by atoms with E-state index in [2.05, 4.69) is 29.6 Å². The van der Waals surface area contributed by atoms with E-state index in [9.17, 15) is 14.7 Å². The Kier molecular flexibility index (Phi) is 7.53. The first-order valence-electron chi connectivity index (χ1n) is 19.0. The van der Waals surface area contributed by atoms with E-state index in [1.807, 2.05) is 12.1 Å². The fourth-order valence-corrected chi connectivity index (χ4v) is 10.3. The smallest absolute Gasteiger partial charge is 0.327 e. The summed E-state index contributed by atoms with van der Waals surface area (Å²) in [7, 11) is 0. The second kappa shape index (κ2) is 11.8. The monoisotopic (exact) mass is 689 g/mol. The fourth-order valence-electron chi connectivity index (χ4n) is 10.3. The molecule has 10 unspecified atom stereocenters. The number of hydrogen-bond donors (Lipinski definition) is 2. The largest absolute Gasteiger partial charge is 0.458 e. The molecular weight excluding hydrogens is 642 g/mol. The topological polar surface area (TPSA) is 139 Å². The summed E-state index contributed by atoms with van der Waals surface area (Å²) >= 11 is 0. The Hall–Kier alpha value is -2.87. The summed E-state index contributed by atoms with van der Waals surface area (Å²) in [5, 5.41) is 13.8. The van der Waals surface area contributed by atoms with Gasteiger partial charge in [0.25, 0.3) is 0 Å². The quantitative estimate of drug-likeness (QED) is 0.278. The summed E-state index contributed by atoms with van der Waals surface area (Å²) in [5.74, 6) is -0.704. The molecule has 1 aromatic rings. The molecule has 1 aromatic carbocycles. The number of fused-ring (bicyclic) bond motifs is 5. The minimum atomic E-state index is -1.31. The maximum Gasteiger partial charge on any atom is 0.327 e. The molecule has 0 aromatic heterocycles. The van der Waals surface area contributed by atoms with Gasteiger partial charge in [0.15, 0.2) is 11.8 Å². The molecule has 4 aliphatic carbocycles. The fraction of sp³-hybridized carbons (Fsp3) is 0.711. The van der Waals surface area contributed by atoms with Gasteiger partial charge in [-0.3, -0.25) is 19.2 Å². The Balaban J connectivity index is 0.976. The minimum absolute atomic E-state index is 0.114. The zero-order chi connectivity index (χ0) is 33.8. The number of carbonyl (C=O) groups excluding carboxylic acids is 3. The van der Waals surface area contributed by atoms with Crippen LogP contribution in [0, 0.1) is 23.2 Å². The summed E-state index contributed by atoms with van der Waals surface area (Å²) in [6.07, 6.45) is 11.7. The van der Waals surface area contributed by atoms with Crippen molar-refractivity contribution in [2.75, 3.05) is 19.7 Å². The molecule has 268 valence electrons. The first-order chi connectivity index (χ1) is 24.4. The molecule has 5 heterocycles. The average Bonchev–Trinajstić information content (AvgIpc) is 4.08. The third-order valence-corrected chi connectivity index (χ3v) is 13.0. The highest BCUT2D eigenvalue weighted by Gasteiger charge is 2.78. The molecule has 5 saturated heterocycles. The first kappa shape index (κ1) is 31.8. The second-order valence-electron chi connectivity index (χ2n) is 16.2. The standard InChI is InChI=1S/C38H47N3O9/c42-16-14-39-34(43)26-5-2-15-40(26)36(45)37-19-29-30-31(49-38(48-30,24-9-10-24)25-11-12-25)33(37)50-41(32(37)35(44)47-29)20-23-4-1-3-21(17-23)6-7-22-8-13-27-28(18-22)46-27/h1,3-4,6-7,17,22,24-33,42H,2,5,8-16,18-20H2,(H,39,43). The lowest BCUT2D eigenvalue weighted by Gasteiger charge is -2.50. The average molecular weight is 690 g/mol.